The van der Waals surface area contributed by atoms with E-state index in [1.54, 1.807) is 0 Å². The number of hydrogen-bond acceptors (Lipinski definition) is 2. The topological polar surface area (TPSA) is 56.4 Å². The first-order valence-electron chi connectivity index (χ1n) is 11.9. The van der Waals surface area contributed by atoms with Gasteiger partial charge in [0.05, 0.1) is 56.4 Å². The fourth-order valence-corrected chi connectivity index (χ4v) is 6.72. The van der Waals surface area contributed by atoms with E-state index < -0.39 is 0 Å². The molecule has 0 atom stereocenters. The fraction of sp³-hybridized carbons (Fsp3) is 0. The number of para-hydroxylation sites is 2. The molecule has 0 unspecified atom stereocenters. The molecular formula is C32H14N4. The lowest BCUT2D eigenvalue weighted by Crippen LogP contribution is -1.81. The van der Waals surface area contributed by atoms with E-state index >= 15 is 0 Å². The van der Waals surface area contributed by atoms with Gasteiger partial charge in [-0.3, -0.25) is 0 Å². The Morgan fingerprint density at radius 2 is 0.833 bits per heavy atom. The van der Waals surface area contributed by atoms with Gasteiger partial charge in [-0.25, -0.2) is 0 Å². The van der Waals surface area contributed by atoms with Crippen molar-refractivity contribution in [2.75, 3.05) is 0 Å². The molecule has 0 bridgehead atoms. The molecule has 0 saturated heterocycles. The summed E-state index contributed by atoms with van der Waals surface area (Å²) in [6.45, 7) is 0. The van der Waals surface area contributed by atoms with Crippen LogP contribution < -0.4 is 0 Å². The number of benzene rings is 5. The fourth-order valence-electron chi connectivity index (χ4n) is 6.72. The van der Waals surface area contributed by atoms with E-state index in [-0.39, 0.29) is 0 Å². The summed E-state index contributed by atoms with van der Waals surface area (Å²) in [6, 6.07) is 33.9. The lowest BCUT2D eigenvalue weighted by molar-refractivity contribution is 1.36. The average Bonchev–Trinajstić information content (AvgIpc) is 3.64. The first kappa shape index (κ1) is 18.1. The Bertz CT molecular complexity index is 2310. The van der Waals surface area contributed by atoms with E-state index in [2.05, 4.69) is 81.6 Å². The second kappa shape index (κ2) is 5.84. The monoisotopic (exact) mass is 454 g/mol. The molecule has 0 aliphatic carbocycles. The molecule has 162 valence electrons. The molecule has 0 aliphatic heterocycles. The zero-order valence-corrected chi connectivity index (χ0v) is 18.9. The summed E-state index contributed by atoms with van der Waals surface area (Å²) in [7, 11) is 0. The molecule has 4 heteroatoms. The van der Waals surface area contributed by atoms with Crippen LogP contribution in [-0.2, 0) is 0 Å². The second-order valence-corrected chi connectivity index (χ2v) is 9.59. The minimum absolute atomic E-state index is 0.660. The van der Waals surface area contributed by atoms with Gasteiger partial charge in [0.15, 0.2) is 0 Å². The van der Waals surface area contributed by atoms with E-state index in [9.17, 15) is 10.5 Å². The van der Waals surface area contributed by atoms with Crippen LogP contribution in [0.2, 0.25) is 0 Å². The summed E-state index contributed by atoms with van der Waals surface area (Å²) in [4.78, 5) is 0. The van der Waals surface area contributed by atoms with Gasteiger partial charge in [-0.1, -0.05) is 48.5 Å². The smallest absolute Gasteiger partial charge is 0.0992 e. The second-order valence-electron chi connectivity index (χ2n) is 9.59. The predicted octanol–water partition coefficient (Wildman–Crippen LogP) is 7.73. The maximum atomic E-state index is 9.68. The van der Waals surface area contributed by atoms with Crippen LogP contribution in [-0.4, -0.2) is 8.80 Å². The van der Waals surface area contributed by atoms with Gasteiger partial charge in [-0.2, -0.15) is 10.5 Å². The third-order valence-corrected chi connectivity index (χ3v) is 8.00. The maximum absolute atomic E-state index is 9.68. The zero-order valence-electron chi connectivity index (χ0n) is 18.9. The highest BCUT2D eigenvalue weighted by Gasteiger charge is 2.28. The van der Waals surface area contributed by atoms with E-state index in [1.165, 1.54) is 43.4 Å². The summed E-state index contributed by atoms with van der Waals surface area (Å²) in [5.74, 6) is 0. The SMILES string of the molecule is N#Cc1ccc2c3c4c5ccccc5n5c6cc(C#N)ccc6c(c6c7ccccc7n(c2c1)c63)c45. The summed E-state index contributed by atoms with van der Waals surface area (Å²) in [5, 5.41) is 29.0. The standard InChI is InChI=1S/C32H14N4/c33-15-17-10-12-22-25(13-17)35-23-7-3-1-5-19(23)27-29-21-11-9-18(16-34)14-26(21)36-24-8-4-2-6-20(24)28(32(29)36)30(22)31(27)35/h1-14H. The van der Waals surface area contributed by atoms with Crippen molar-refractivity contribution in [3.05, 3.63) is 96.1 Å². The molecule has 4 heterocycles. The van der Waals surface area contributed by atoms with Gasteiger partial charge < -0.3 is 8.80 Å². The summed E-state index contributed by atoms with van der Waals surface area (Å²) >= 11 is 0. The van der Waals surface area contributed by atoms with Crippen LogP contribution in [0, 0.1) is 22.7 Å². The Labute approximate surface area is 203 Å². The van der Waals surface area contributed by atoms with Gasteiger partial charge in [0.2, 0.25) is 0 Å². The normalized spacial score (nSPS) is 12.4. The molecule has 5 aromatic carbocycles. The lowest BCUT2D eigenvalue weighted by atomic mass is 9.97. The van der Waals surface area contributed by atoms with Crippen molar-refractivity contribution in [1.29, 1.82) is 10.5 Å². The van der Waals surface area contributed by atoms with Gasteiger partial charge >= 0.3 is 0 Å². The Hall–Kier alpha value is -5.32. The number of fused-ring (bicyclic) bond motifs is 14. The van der Waals surface area contributed by atoms with Crippen molar-refractivity contribution in [3.8, 4) is 12.1 Å². The molecule has 0 spiro atoms. The van der Waals surface area contributed by atoms with E-state index in [0.717, 1.165) is 32.8 Å². The number of rotatable bonds is 0. The highest BCUT2D eigenvalue weighted by Crippen LogP contribution is 2.51. The third-order valence-electron chi connectivity index (χ3n) is 8.00. The van der Waals surface area contributed by atoms with Gasteiger partial charge in [0.1, 0.15) is 0 Å². The van der Waals surface area contributed by atoms with E-state index in [0.29, 0.717) is 11.1 Å². The number of nitriles is 2. The van der Waals surface area contributed by atoms with Gasteiger partial charge in [-0.15, -0.1) is 0 Å². The molecule has 4 nitrogen and oxygen atoms in total. The van der Waals surface area contributed by atoms with Crippen LogP contribution in [0.3, 0.4) is 0 Å². The summed E-state index contributed by atoms with van der Waals surface area (Å²) in [6.07, 6.45) is 0. The Kier molecular flexibility index (Phi) is 2.93. The summed E-state index contributed by atoms with van der Waals surface area (Å²) in [5.41, 5.74) is 8.12. The van der Waals surface area contributed by atoms with E-state index in [4.69, 9.17) is 0 Å². The van der Waals surface area contributed by atoms with Crippen LogP contribution in [0.4, 0.5) is 0 Å². The molecule has 0 fully saturated rings. The Morgan fingerprint density at radius 3 is 1.25 bits per heavy atom. The van der Waals surface area contributed by atoms with Crippen LogP contribution in [0.5, 0.6) is 0 Å². The van der Waals surface area contributed by atoms with Crippen LogP contribution in [0.1, 0.15) is 11.1 Å². The maximum Gasteiger partial charge on any atom is 0.0992 e. The van der Waals surface area contributed by atoms with Crippen LogP contribution >= 0.6 is 0 Å². The average molecular weight is 454 g/mol. The largest absolute Gasteiger partial charge is 0.308 e. The van der Waals surface area contributed by atoms with Gasteiger partial charge in [0, 0.05) is 43.1 Å². The first-order chi connectivity index (χ1) is 17.8. The zero-order chi connectivity index (χ0) is 23.7. The Morgan fingerprint density at radius 1 is 0.444 bits per heavy atom. The quantitative estimate of drug-likeness (QED) is 0.235. The van der Waals surface area contributed by atoms with Crippen molar-refractivity contribution in [1.82, 2.24) is 8.80 Å². The van der Waals surface area contributed by atoms with Crippen LogP contribution in [0.15, 0.2) is 84.9 Å². The predicted molar refractivity (Wildman–Crippen MR) is 145 cm³/mol. The molecule has 4 aromatic heterocycles. The third kappa shape index (κ3) is 1.79. The molecule has 0 amide bonds. The molecule has 9 rings (SSSR count). The number of hydrogen-bond donors (Lipinski definition) is 0. The molecule has 9 aromatic rings. The van der Waals surface area contributed by atoms with Crippen LogP contribution in [0.25, 0.3) is 76.2 Å². The first-order valence-corrected chi connectivity index (χ1v) is 11.9. The highest BCUT2D eigenvalue weighted by atomic mass is 14.9. The van der Waals surface area contributed by atoms with Crippen molar-refractivity contribution in [2.24, 2.45) is 0 Å². The van der Waals surface area contributed by atoms with Gasteiger partial charge in [-0.05, 0) is 36.4 Å². The number of aromatic nitrogens is 2. The molecule has 0 saturated carbocycles. The highest BCUT2D eigenvalue weighted by molar-refractivity contribution is 6.45. The van der Waals surface area contributed by atoms with Crippen molar-refractivity contribution < 1.29 is 0 Å². The molecule has 0 radical (unpaired) electrons. The number of nitrogens with zero attached hydrogens (tertiary/aromatic N) is 4. The lowest BCUT2D eigenvalue weighted by Gasteiger charge is -2.02. The van der Waals surface area contributed by atoms with Crippen molar-refractivity contribution in [3.63, 3.8) is 0 Å². The Balaban J connectivity index is 1.77. The minimum Gasteiger partial charge on any atom is -0.308 e. The molecular weight excluding hydrogens is 440 g/mol. The minimum atomic E-state index is 0.660. The van der Waals surface area contributed by atoms with Crippen molar-refractivity contribution >= 4 is 76.2 Å². The van der Waals surface area contributed by atoms with E-state index in [1.807, 2.05) is 24.3 Å². The van der Waals surface area contributed by atoms with Crippen molar-refractivity contribution in [2.45, 2.75) is 0 Å². The molecule has 0 aliphatic rings. The molecule has 36 heavy (non-hydrogen) atoms. The van der Waals surface area contributed by atoms with Gasteiger partial charge in [0.25, 0.3) is 0 Å². The molecule has 0 N–H and O–H groups in total. The summed E-state index contributed by atoms with van der Waals surface area (Å²) < 4.78 is 4.69.